The molecule has 1 N–H and O–H groups in total. The van der Waals surface area contributed by atoms with E-state index in [0.717, 1.165) is 42.6 Å². The number of carbonyl (C=O) groups is 1. The zero-order valence-corrected chi connectivity index (χ0v) is 14.7. The molecule has 1 saturated carbocycles. The number of ether oxygens (including phenoxy) is 1. The number of hydrogen-bond donors (Lipinski definition) is 1. The standard InChI is InChI=1S/C20H24N2O3/c1-15-9-12-22(19(24)13-15)14-18(23)21-20(10-3-4-11-20)16-5-7-17(25-2)8-6-16/h5-9,12-13H,3-4,10-11,14H2,1-2H3,(H,21,23). The molecule has 1 aliphatic rings. The summed E-state index contributed by atoms with van der Waals surface area (Å²) in [5.41, 5.74) is 1.49. The van der Waals surface area contributed by atoms with Crippen LogP contribution in [0.15, 0.2) is 47.4 Å². The second-order valence-corrected chi connectivity index (χ2v) is 6.74. The Bertz CT molecular complexity index is 802. The normalized spacial score (nSPS) is 15.8. The summed E-state index contributed by atoms with van der Waals surface area (Å²) < 4.78 is 6.67. The summed E-state index contributed by atoms with van der Waals surface area (Å²) in [6.07, 6.45) is 5.65. The molecule has 1 fully saturated rings. The highest BCUT2D eigenvalue weighted by Gasteiger charge is 2.37. The summed E-state index contributed by atoms with van der Waals surface area (Å²) in [7, 11) is 1.64. The van der Waals surface area contributed by atoms with Gasteiger partial charge in [0.05, 0.1) is 12.6 Å². The molecular formula is C20H24N2O3. The molecule has 2 aromatic rings. The number of aryl methyl sites for hydroxylation is 1. The van der Waals surface area contributed by atoms with Gasteiger partial charge in [0.15, 0.2) is 0 Å². The average molecular weight is 340 g/mol. The van der Waals surface area contributed by atoms with Crippen molar-refractivity contribution in [3.63, 3.8) is 0 Å². The number of pyridine rings is 1. The molecule has 5 nitrogen and oxygen atoms in total. The Morgan fingerprint density at radius 1 is 1.20 bits per heavy atom. The number of rotatable bonds is 5. The summed E-state index contributed by atoms with van der Waals surface area (Å²) in [4.78, 5) is 24.6. The van der Waals surface area contributed by atoms with E-state index in [9.17, 15) is 9.59 Å². The zero-order valence-electron chi connectivity index (χ0n) is 14.7. The van der Waals surface area contributed by atoms with Gasteiger partial charge in [-0.3, -0.25) is 9.59 Å². The smallest absolute Gasteiger partial charge is 0.251 e. The van der Waals surface area contributed by atoms with Crippen molar-refractivity contribution in [3.8, 4) is 5.75 Å². The predicted molar refractivity (Wildman–Crippen MR) is 96.7 cm³/mol. The van der Waals surface area contributed by atoms with Crippen molar-refractivity contribution in [2.75, 3.05) is 7.11 Å². The summed E-state index contributed by atoms with van der Waals surface area (Å²) in [5.74, 6) is 0.665. The van der Waals surface area contributed by atoms with Crippen molar-refractivity contribution in [1.82, 2.24) is 9.88 Å². The summed E-state index contributed by atoms with van der Waals surface area (Å²) in [6, 6.07) is 11.3. The molecule has 1 heterocycles. The molecular weight excluding hydrogens is 316 g/mol. The van der Waals surface area contributed by atoms with E-state index in [0.29, 0.717) is 0 Å². The van der Waals surface area contributed by atoms with Crippen molar-refractivity contribution in [1.29, 1.82) is 0 Å². The number of hydrogen-bond acceptors (Lipinski definition) is 3. The highest BCUT2D eigenvalue weighted by Crippen LogP contribution is 2.39. The Kier molecular flexibility index (Phi) is 4.93. The maximum atomic E-state index is 12.6. The monoisotopic (exact) mass is 340 g/mol. The van der Waals surface area contributed by atoms with Gasteiger partial charge in [0.1, 0.15) is 12.3 Å². The van der Waals surface area contributed by atoms with Crippen LogP contribution in [0, 0.1) is 6.92 Å². The largest absolute Gasteiger partial charge is 0.497 e. The lowest BCUT2D eigenvalue weighted by Gasteiger charge is -2.31. The van der Waals surface area contributed by atoms with E-state index in [1.165, 1.54) is 4.57 Å². The number of benzene rings is 1. The Hall–Kier alpha value is -2.56. The van der Waals surface area contributed by atoms with Crippen LogP contribution in [0.2, 0.25) is 0 Å². The molecule has 0 spiro atoms. The summed E-state index contributed by atoms with van der Waals surface area (Å²) in [5, 5.41) is 3.20. The zero-order chi connectivity index (χ0) is 17.9. The van der Waals surface area contributed by atoms with Gasteiger partial charge in [-0.05, 0) is 49.1 Å². The van der Waals surface area contributed by atoms with Crippen LogP contribution in [0.1, 0.15) is 36.8 Å². The Balaban J connectivity index is 1.79. The molecule has 1 aliphatic carbocycles. The minimum atomic E-state index is -0.350. The molecule has 0 unspecified atom stereocenters. The molecule has 132 valence electrons. The van der Waals surface area contributed by atoms with Crippen LogP contribution in [-0.4, -0.2) is 17.6 Å². The van der Waals surface area contributed by atoms with E-state index >= 15 is 0 Å². The minimum absolute atomic E-state index is 0.0387. The van der Waals surface area contributed by atoms with Crippen molar-refractivity contribution < 1.29 is 9.53 Å². The molecule has 3 rings (SSSR count). The number of amides is 1. The maximum Gasteiger partial charge on any atom is 0.251 e. The van der Waals surface area contributed by atoms with E-state index in [4.69, 9.17) is 4.74 Å². The van der Waals surface area contributed by atoms with Crippen molar-refractivity contribution in [3.05, 3.63) is 64.1 Å². The third kappa shape index (κ3) is 3.76. The van der Waals surface area contributed by atoms with Crippen molar-refractivity contribution >= 4 is 5.91 Å². The van der Waals surface area contributed by atoms with Crippen molar-refractivity contribution in [2.24, 2.45) is 0 Å². The van der Waals surface area contributed by atoms with E-state index in [1.54, 1.807) is 19.4 Å². The molecule has 0 radical (unpaired) electrons. The van der Waals surface area contributed by atoms with E-state index in [1.807, 2.05) is 37.3 Å². The van der Waals surface area contributed by atoms with E-state index in [-0.39, 0.29) is 23.6 Å². The number of methoxy groups -OCH3 is 1. The van der Waals surface area contributed by atoms with Gasteiger partial charge >= 0.3 is 0 Å². The first kappa shape index (κ1) is 17.3. The number of aromatic nitrogens is 1. The number of nitrogens with zero attached hydrogens (tertiary/aromatic N) is 1. The van der Waals surface area contributed by atoms with Gasteiger partial charge in [-0.15, -0.1) is 0 Å². The minimum Gasteiger partial charge on any atom is -0.497 e. The quantitative estimate of drug-likeness (QED) is 0.910. The first-order chi connectivity index (χ1) is 12.0. The SMILES string of the molecule is COc1ccc(C2(NC(=O)Cn3ccc(C)cc3=O)CCCC2)cc1. The van der Waals surface area contributed by atoms with Crippen LogP contribution in [0.25, 0.3) is 0 Å². The van der Waals surface area contributed by atoms with Crippen LogP contribution in [0.4, 0.5) is 0 Å². The van der Waals surface area contributed by atoms with Gasteiger partial charge in [0, 0.05) is 12.3 Å². The molecule has 0 aliphatic heterocycles. The lowest BCUT2D eigenvalue weighted by atomic mass is 9.88. The molecule has 1 aromatic heterocycles. The highest BCUT2D eigenvalue weighted by molar-refractivity contribution is 5.77. The van der Waals surface area contributed by atoms with Crippen LogP contribution in [0.3, 0.4) is 0 Å². The lowest BCUT2D eigenvalue weighted by molar-refractivity contribution is -0.123. The predicted octanol–water partition coefficient (Wildman–Crippen LogP) is 2.75. The van der Waals surface area contributed by atoms with Gasteiger partial charge in [-0.1, -0.05) is 25.0 Å². The first-order valence-electron chi connectivity index (χ1n) is 8.65. The van der Waals surface area contributed by atoms with Gasteiger partial charge < -0.3 is 14.6 Å². The summed E-state index contributed by atoms with van der Waals surface area (Å²) >= 11 is 0. The average Bonchev–Trinajstić information content (AvgIpc) is 3.07. The van der Waals surface area contributed by atoms with Gasteiger partial charge in [0.25, 0.3) is 5.56 Å². The number of nitrogens with one attached hydrogen (secondary N) is 1. The Morgan fingerprint density at radius 2 is 1.88 bits per heavy atom. The van der Waals surface area contributed by atoms with Crippen LogP contribution >= 0.6 is 0 Å². The molecule has 1 aromatic carbocycles. The Morgan fingerprint density at radius 3 is 2.48 bits per heavy atom. The van der Waals surface area contributed by atoms with Gasteiger partial charge in [0.2, 0.25) is 5.91 Å². The molecule has 1 amide bonds. The molecule has 0 bridgehead atoms. The molecule has 25 heavy (non-hydrogen) atoms. The second-order valence-electron chi connectivity index (χ2n) is 6.74. The van der Waals surface area contributed by atoms with Crippen LogP contribution in [-0.2, 0) is 16.9 Å². The molecule has 5 heteroatoms. The third-order valence-electron chi connectivity index (χ3n) is 4.94. The third-order valence-corrected chi connectivity index (χ3v) is 4.94. The van der Waals surface area contributed by atoms with Gasteiger partial charge in [-0.2, -0.15) is 0 Å². The second kappa shape index (κ2) is 7.13. The van der Waals surface area contributed by atoms with Gasteiger partial charge in [-0.25, -0.2) is 0 Å². The fourth-order valence-corrected chi connectivity index (χ4v) is 3.57. The lowest BCUT2D eigenvalue weighted by Crippen LogP contribution is -2.45. The molecule has 0 saturated heterocycles. The van der Waals surface area contributed by atoms with Crippen LogP contribution < -0.4 is 15.6 Å². The fourth-order valence-electron chi connectivity index (χ4n) is 3.57. The summed E-state index contributed by atoms with van der Waals surface area (Å²) in [6.45, 7) is 1.90. The molecule has 0 atom stereocenters. The maximum absolute atomic E-state index is 12.6. The Labute approximate surface area is 147 Å². The fraction of sp³-hybridized carbons (Fsp3) is 0.400. The van der Waals surface area contributed by atoms with Crippen LogP contribution in [0.5, 0.6) is 5.75 Å². The highest BCUT2D eigenvalue weighted by atomic mass is 16.5. The van der Waals surface area contributed by atoms with E-state index < -0.39 is 0 Å². The van der Waals surface area contributed by atoms with E-state index in [2.05, 4.69) is 5.32 Å². The van der Waals surface area contributed by atoms with Crippen molar-refractivity contribution in [2.45, 2.75) is 44.7 Å². The first-order valence-corrected chi connectivity index (χ1v) is 8.65. The number of carbonyl (C=O) groups excluding carboxylic acids is 1. The topological polar surface area (TPSA) is 60.3 Å².